The maximum absolute atomic E-state index is 13.5. The van der Waals surface area contributed by atoms with Crippen LogP contribution in [0.5, 0.6) is 0 Å². The molecule has 0 spiro atoms. The topological polar surface area (TPSA) is 49.4 Å². The van der Waals surface area contributed by atoms with Gasteiger partial charge in [-0.05, 0) is 37.1 Å². The van der Waals surface area contributed by atoms with Crippen LogP contribution < -0.4 is 5.32 Å². The van der Waals surface area contributed by atoms with Crippen LogP contribution in [-0.2, 0) is 9.59 Å². The lowest BCUT2D eigenvalue weighted by atomic mass is 10.2. The number of hydrogen-bond acceptors (Lipinski definition) is 2. The summed E-state index contributed by atoms with van der Waals surface area (Å²) in [5.74, 6) is -0.662. The average molecular weight is 369 g/mol. The van der Waals surface area contributed by atoms with Crippen molar-refractivity contribution in [2.75, 3.05) is 19.6 Å². The SMILES string of the molecule is O=C(/C=C/c1cc(Br)ccc1F)NCCC(=O)N1CCCC1. The van der Waals surface area contributed by atoms with Gasteiger partial charge < -0.3 is 10.2 Å². The van der Waals surface area contributed by atoms with E-state index in [1.807, 2.05) is 4.90 Å². The number of halogens is 2. The zero-order chi connectivity index (χ0) is 15.9. The second kappa shape index (κ2) is 8.08. The van der Waals surface area contributed by atoms with E-state index in [0.717, 1.165) is 30.4 Å². The van der Waals surface area contributed by atoms with Gasteiger partial charge in [0, 0.05) is 42.2 Å². The van der Waals surface area contributed by atoms with E-state index in [-0.39, 0.29) is 11.8 Å². The molecule has 0 atom stereocenters. The fourth-order valence-corrected chi connectivity index (χ4v) is 2.66. The molecule has 0 aliphatic carbocycles. The van der Waals surface area contributed by atoms with Gasteiger partial charge in [-0.15, -0.1) is 0 Å². The molecule has 4 nitrogen and oxygen atoms in total. The van der Waals surface area contributed by atoms with Gasteiger partial charge in [0.05, 0.1) is 0 Å². The maximum Gasteiger partial charge on any atom is 0.244 e. The highest BCUT2D eigenvalue weighted by atomic mass is 79.9. The minimum Gasteiger partial charge on any atom is -0.352 e. The van der Waals surface area contributed by atoms with E-state index in [9.17, 15) is 14.0 Å². The first-order valence-electron chi connectivity index (χ1n) is 7.25. The Morgan fingerprint density at radius 3 is 2.77 bits per heavy atom. The molecule has 118 valence electrons. The first kappa shape index (κ1) is 16.7. The van der Waals surface area contributed by atoms with Crippen molar-refractivity contribution in [3.8, 4) is 0 Å². The predicted octanol–water partition coefficient (Wildman–Crippen LogP) is 2.73. The second-order valence-electron chi connectivity index (χ2n) is 5.13. The number of hydrogen-bond donors (Lipinski definition) is 1. The summed E-state index contributed by atoms with van der Waals surface area (Å²) in [5.41, 5.74) is 0.331. The van der Waals surface area contributed by atoms with Gasteiger partial charge in [-0.25, -0.2) is 4.39 Å². The van der Waals surface area contributed by atoms with Crippen molar-refractivity contribution in [3.63, 3.8) is 0 Å². The molecule has 1 saturated heterocycles. The molecule has 0 unspecified atom stereocenters. The van der Waals surface area contributed by atoms with Crippen molar-refractivity contribution < 1.29 is 14.0 Å². The summed E-state index contributed by atoms with van der Waals surface area (Å²) in [6, 6.07) is 4.52. The lowest BCUT2D eigenvalue weighted by molar-refractivity contribution is -0.130. The van der Waals surface area contributed by atoms with E-state index in [1.54, 1.807) is 12.1 Å². The summed E-state index contributed by atoms with van der Waals surface area (Å²) in [6.07, 6.45) is 5.09. The monoisotopic (exact) mass is 368 g/mol. The number of nitrogens with zero attached hydrogens (tertiary/aromatic N) is 1. The van der Waals surface area contributed by atoms with Crippen molar-refractivity contribution in [1.29, 1.82) is 0 Å². The molecule has 22 heavy (non-hydrogen) atoms. The highest BCUT2D eigenvalue weighted by Crippen LogP contribution is 2.16. The maximum atomic E-state index is 13.5. The number of carbonyl (C=O) groups is 2. The van der Waals surface area contributed by atoms with Crippen molar-refractivity contribution >= 4 is 33.8 Å². The van der Waals surface area contributed by atoms with Crippen molar-refractivity contribution in [1.82, 2.24) is 10.2 Å². The molecule has 6 heteroatoms. The number of benzene rings is 1. The molecule has 2 rings (SSSR count). The molecule has 1 aliphatic heterocycles. The highest BCUT2D eigenvalue weighted by molar-refractivity contribution is 9.10. The van der Waals surface area contributed by atoms with Crippen LogP contribution in [0.25, 0.3) is 6.08 Å². The van der Waals surface area contributed by atoms with Gasteiger partial charge in [-0.1, -0.05) is 15.9 Å². The van der Waals surface area contributed by atoms with Crippen molar-refractivity contribution in [3.05, 3.63) is 40.1 Å². The van der Waals surface area contributed by atoms with E-state index in [0.29, 0.717) is 18.5 Å². The Morgan fingerprint density at radius 2 is 2.05 bits per heavy atom. The quantitative estimate of drug-likeness (QED) is 0.812. The molecule has 1 heterocycles. The van der Waals surface area contributed by atoms with E-state index in [4.69, 9.17) is 0 Å². The molecule has 0 aromatic heterocycles. The van der Waals surface area contributed by atoms with E-state index < -0.39 is 5.82 Å². The lowest BCUT2D eigenvalue weighted by Gasteiger charge is -2.14. The summed E-state index contributed by atoms with van der Waals surface area (Å²) < 4.78 is 14.2. The van der Waals surface area contributed by atoms with Gasteiger partial charge in [0.25, 0.3) is 0 Å². The minimum atomic E-state index is -0.392. The van der Waals surface area contributed by atoms with Gasteiger partial charge in [-0.3, -0.25) is 9.59 Å². The first-order chi connectivity index (χ1) is 10.6. The van der Waals surface area contributed by atoms with E-state index >= 15 is 0 Å². The normalized spacial score (nSPS) is 14.5. The Balaban J connectivity index is 1.76. The van der Waals surface area contributed by atoms with Crippen molar-refractivity contribution in [2.24, 2.45) is 0 Å². The zero-order valence-electron chi connectivity index (χ0n) is 12.1. The molecular formula is C16H18BrFN2O2. The van der Waals surface area contributed by atoms with Gasteiger partial charge in [-0.2, -0.15) is 0 Å². The number of amides is 2. The summed E-state index contributed by atoms with van der Waals surface area (Å²) >= 11 is 3.25. The molecule has 0 bridgehead atoms. The average Bonchev–Trinajstić information content (AvgIpc) is 3.02. The zero-order valence-corrected chi connectivity index (χ0v) is 13.7. The van der Waals surface area contributed by atoms with Gasteiger partial charge >= 0.3 is 0 Å². The van der Waals surface area contributed by atoms with Gasteiger partial charge in [0.15, 0.2) is 0 Å². The molecular weight excluding hydrogens is 351 g/mol. The Hall–Kier alpha value is -1.69. The molecule has 0 saturated carbocycles. The van der Waals surface area contributed by atoms with Crippen LogP contribution >= 0.6 is 15.9 Å². The van der Waals surface area contributed by atoms with Gasteiger partial charge in [0.2, 0.25) is 11.8 Å². The molecule has 1 aliphatic rings. The molecule has 1 fully saturated rings. The number of nitrogens with one attached hydrogen (secondary N) is 1. The fourth-order valence-electron chi connectivity index (χ4n) is 2.28. The third kappa shape index (κ3) is 4.94. The Kier molecular flexibility index (Phi) is 6.12. The smallest absolute Gasteiger partial charge is 0.244 e. The van der Waals surface area contributed by atoms with Gasteiger partial charge in [0.1, 0.15) is 5.82 Å². The first-order valence-corrected chi connectivity index (χ1v) is 8.04. The minimum absolute atomic E-state index is 0.0693. The predicted molar refractivity (Wildman–Crippen MR) is 86.6 cm³/mol. The summed E-state index contributed by atoms with van der Waals surface area (Å²) in [4.78, 5) is 25.3. The van der Waals surface area contributed by atoms with Crippen LogP contribution in [0.3, 0.4) is 0 Å². The second-order valence-corrected chi connectivity index (χ2v) is 6.04. The van der Waals surface area contributed by atoms with Crippen molar-refractivity contribution in [2.45, 2.75) is 19.3 Å². The summed E-state index contributed by atoms with van der Waals surface area (Å²) in [5, 5.41) is 2.63. The number of rotatable bonds is 5. The van der Waals surface area contributed by atoms with E-state index in [2.05, 4.69) is 21.2 Å². The summed E-state index contributed by atoms with van der Waals surface area (Å²) in [7, 11) is 0. The lowest BCUT2D eigenvalue weighted by Crippen LogP contribution is -2.32. The van der Waals surface area contributed by atoms with Crippen LogP contribution in [0.1, 0.15) is 24.8 Å². The summed E-state index contributed by atoms with van der Waals surface area (Å²) in [6.45, 7) is 1.92. The molecule has 2 amide bonds. The largest absolute Gasteiger partial charge is 0.352 e. The number of likely N-dealkylation sites (tertiary alicyclic amines) is 1. The standard InChI is InChI=1S/C16H18BrFN2O2/c17-13-4-5-14(18)12(11-13)3-6-15(21)19-8-7-16(22)20-9-1-2-10-20/h3-6,11H,1-2,7-10H2,(H,19,21)/b6-3+. The van der Waals surface area contributed by atoms with Crippen LogP contribution in [0.15, 0.2) is 28.7 Å². The third-order valence-corrected chi connectivity index (χ3v) is 3.96. The fraction of sp³-hybridized carbons (Fsp3) is 0.375. The third-order valence-electron chi connectivity index (χ3n) is 3.47. The molecule has 0 radical (unpaired) electrons. The van der Waals surface area contributed by atoms with Crippen LogP contribution in [0, 0.1) is 5.82 Å². The Bertz CT molecular complexity index is 584. The Morgan fingerprint density at radius 1 is 1.32 bits per heavy atom. The molecule has 1 aromatic rings. The Labute approximate surface area is 137 Å². The van der Waals surface area contributed by atoms with Crippen LogP contribution in [0.4, 0.5) is 4.39 Å². The van der Waals surface area contributed by atoms with E-state index in [1.165, 1.54) is 18.2 Å². The number of carbonyl (C=O) groups excluding carboxylic acids is 2. The molecule has 1 aromatic carbocycles. The van der Waals surface area contributed by atoms with Crippen LogP contribution in [-0.4, -0.2) is 36.3 Å². The molecule has 1 N–H and O–H groups in total. The highest BCUT2D eigenvalue weighted by Gasteiger charge is 2.17. The van der Waals surface area contributed by atoms with Crippen LogP contribution in [0.2, 0.25) is 0 Å².